The van der Waals surface area contributed by atoms with Crippen molar-refractivity contribution < 1.29 is 24.3 Å². The van der Waals surface area contributed by atoms with E-state index in [9.17, 15) is 9.59 Å². The van der Waals surface area contributed by atoms with E-state index in [4.69, 9.17) is 14.7 Å². The fourth-order valence-electron chi connectivity index (χ4n) is 3.84. The Hall–Kier alpha value is -3.10. The fourth-order valence-corrected chi connectivity index (χ4v) is 3.84. The van der Waals surface area contributed by atoms with Crippen LogP contribution in [0.3, 0.4) is 0 Å². The van der Waals surface area contributed by atoms with Crippen LogP contribution in [-0.2, 0) is 11.3 Å². The lowest BCUT2D eigenvalue weighted by Gasteiger charge is -2.32. The van der Waals surface area contributed by atoms with Crippen LogP contribution in [0.4, 0.5) is 4.79 Å². The van der Waals surface area contributed by atoms with Crippen LogP contribution in [0.5, 0.6) is 5.75 Å². The van der Waals surface area contributed by atoms with Crippen LogP contribution < -0.4 is 15.5 Å². The molecule has 2 heterocycles. The summed E-state index contributed by atoms with van der Waals surface area (Å²) in [6.07, 6.45) is 1.59. The molecule has 0 radical (unpaired) electrons. The smallest absolute Gasteiger partial charge is 0.318 e. The second kappa shape index (κ2) is 9.15. The molecule has 0 bridgehead atoms. The summed E-state index contributed by atoms with van der Waals surface area (Å²) in [6.45, 7) is 1.89. The summed E-state index contributed by atoms with van der Waals surface area (Å²) in [7, 11) is 0. The van der Waals surface area contributed by atoms with Gasteiger partial charge in [-0.25, -0.2) is 10.3 Å². The molecule has 8 nitrogen and oxygen atoms in total. The molecule has 30 heavy (non-hydrogen) atoms. The summed E-state index contributed by atoms with van der Waals surface area (Å²) in [4.78, 5) is 26.8. The number of hydroxylamine groups is 1. The molecular formula is C22H25N3O5. The van der Waals surface area contributed by atoms with Gasteiger partial charge >= 0.3 is 6.03 Å². The Morgan fingerprint density at radius 3 is 2.57 bits per heavy atom. The van der Waals surface area contributed by atoms with Crippen LogP contribution in [0.1, 0.15) is 40.4 Å². The van der Waals surface area contributed by atoms with E-state index in [2.05, 4.69) is 5.32 Å². The predicted molar refractivity (Wildman–Crippen MR) is 108 cm³/mol. The van der Waals surface area contributed by atoms with Crippen molar-refractivity contribution in [3.63, 3.8) is 0 Å². The molecule has 1 fully saturated rings. The van der Waals surface area contributed by atoms with Crippen LogP contribution in [0, 0.1) is 0 Å². The number of nitrogens with zero attached hydrogens (tertiary/aromatic N) is 1. The zero-order valence-corrected chi connectivity index (χ0v) is 16.5. The Balaban J connectivity index is 1.62. The first-order valence-electron chi connectivity index (χ1n) is 10.1. The molecular weight excluding hydrogens is 386 g/mol. The van der Waals surface area contributed by atoms with Gasteiger partial charge in [0.05, 0.1) is 12.6 Å². The molecule has 0 aliphatic carbocycles. The van der Waals surface area contributed by atoms with Gasteiger partial charge in [-0.3, -0.25) is 10.0 Å². The zero-order chi connectivity index (χ0) is 20.9. The van der Waals surface area contributed by atoms with Gasteiger partial charge in [-0.1, -0.05) is 36.4 Å². The SMILES string of the molecule is O=C(NO)c1ccc2c(c1)OC[C@H](c1ccccc1)N(C(=O)NC1CCOCC1)C2. The Morgan fingerprint density at radius 2 is 1.83 bits per heavy atom. The number of nitrogens with one attached hydrogen (secondary N) is 2. The number of urea groups is 1. The summed E-state index contributed by atoms with van der Waals surface area (Å²) in [5.41, 5.74) is 3.69. The fraction of sp³-hybridized carbons (Fsp3) is 0.364. The Morgan fingerprint density at radius 1 is 1.07 bits per heavy atom. The lowest BCUT2D eigenvalue weighted by Crippen LogP contribution is -2.48. The average molecular weight is 411 g/mol. The number of fused-ring (bicyclic) bond motifs is 1. The highest BCUT2D eigenvalue weighted by atomic mass is 16.5. The number of amides is 3. The van der Waals surface area contributed by atoms with E-state index in [0.29, 0.717) is 25.5 Å². The normalized spacial score (nSPS) is 19.2. The highest BCUT2D eigenvalue weighted by molar-refractivity contribution is 5.93. The lowest BCUT2D eigenvalue weighted by atomic mass is 10.1. The van der Waals surface area contributed by atoms with Gasteiger partial charge in [0.2, 0.25) is 0 Å². The molecule has 2 aliphatic heterocycles. The number of ether oxygens (including phenoxy) is 2. The van der Waals surface area contributed by atoms with Gasteiger partial charge in [-0.2, -0.15) is 0 Å². The maximum Gasteiger partial charge on any atom is 0.318 e. The molecule has 0 aromatic heterocycles. The Labute approximate surface area is 174 Å². The molecule has 2 aliphatic rings. The molecule has 4 rings (SSSR count). The molecule has 1 atom stereocenters. The molecule has 0 saturated carbocycles. The van der Waals surface area contributed by atoms with Gasteiger partial charge in [0.15, 0.2) is 0 Å². The van der Waals surface area contributed by atoms with Crippen molar-refractivity contribution in [3.05, 3.63) is 65.2 Å². The van der Waals surface area contributed by atoms with E-state index in [1.807, 2.05) is 30.3 Å². The third kappa shape index (κ3) is 4.39. The van der Waals surface area contributed by atoms with Crippen molar-refractivity contribution in [3.8, 4) is 5.75 Å². The summed E-state index contributed by atoms with van der Waals surface area (Å²) in [5.74, 6) is -0.0854. The van der Waals surface area contributed by atoms with Gasteiger partial charge in [0.1, 0.15) is 12.4 Å². The summed E-state index contributed by atoms with van der Waals surface area (Å²) < 4.78 is 11.4. The number of carbonyl (C=O) groups is 2. The van der Waals surface area contributed by atoms with Gasteiger partial charge < -0.3 is 19.7 Å². The number of benzene rings is 2. The van der Waals surface area contributed by atoms with Crippen molar-refractivity contribution in [1.82, 2.24) is 15.7 Å². The maximum atomic E-state index is 13.3. The molecule has 2 aromatic carbocycles. The first-order valence-corrected chi connectivity index (χ1v) is 10.1. The summed E-state index contributed by atoms with van der Waals surface area (Å²) in [5, 5.41) is 12.0. The number of carbonyl (C=O) groups excluding carboxylic acids is 2. The van der Waals surface area contributed by atoms with E-state index in [0.717, 1.165) is 24.0 Å². The predicted octanol–water partition coefficient (Wildman–Crippen LogP) is 2.63. The van der Waals surface area contributed by atoms with E-state index in [1.165, 1.54) is 0 Å². The van der Waals surface area contributed by atoms with Crippen molar-refractivity contribution in [1.29, 1.82) is 0 Å². The zero-order valence-electron chi connectivity index (χ0n) is 16.5. The highest BCUT2D eigenvalue weighted by Gasteiger charge is 2.31. The quantitative estimate of drug-likeness (QED) is 0.533. The summed E-state index contributed by atoms with van der Waals surface area (Å²) in [6, 6.07) is 14.3. The maximum absolute atomic E-state index is 13.3. The van der Waals surface area contributed by atoms with Gasteiger partial charge in [-0.05, 0) is 30.5 Å². The van der Waals surface area contributed by atoms with Crippen molar-refractivity contribution >= 4 is 11.9 Å². The van der Waals surface area contributed by atoms with Gasteiger partial charge in [0.25, 0.3) is 5.91 Å². The molecule has 0 spiro atoms. The molecule has 3 amide bonds. The van der Waals surface area contributed by atoms with Crippen LogP contribution in [0.15, 0.2) is 48.5 Å². The molecule has 8 heteroatoms. The van der Waals surface area contributed by atoms with Gasteiger partial charge in [0, 0.05) is 30.4 Å². The third-order valence-electron chi connectivity index (χ3n) is 5.54. The van der Waals surface area contributed by atoms with Crippen molar-refractivity contribution in [2.24, 2.45) is 0 Å². The first-order chi connectivity index (χ1) is 14.7. The van der Waals surface area contributed by atoms with E-state index < -0.39 is 5.91 Å². The number of hydrogen-bond acceptors (Lipinski definition) is 5. The minimum Gasteiger partial charge on any atom is -0.491 e. The topological polar surface area (TPSA) is 100 Å². The van der Waals surface area contributed by atoms with E-state index in [-0.39, 0.29) is 30.3 Å². The monoisotopic (exact) mass is 411 g/mol. The standard InChI is InChI=1S/C22H25N3O5/c26-21(24-28)16-6-7-17-13-25(22(27)23-18-8-10-29-11-9-18)19(14-30-20(17)12-16)15-4-2-1-3-5-15/h1-7,12,18-19,28H,8-11,13-14H2,(H,23,27)(H,24,26)/t19-/m1/s1. The summed E-state index contributed by atoms with van der Waals surface area (Å²) >= 11 is 0. The van der Waals surface area contributed by atoms with E-state index in [1.54, 1.807) is 28.6 Å². The average Bonchev–Trinajstić information content (AvgIpc) is 2.99. The Bertz CT molecular complexity index is 899. The molecule has 2 aromatic rings. The first kappa shape index (κ1) is 20.2. The number of hydrogen-bond donors (Lipinski definition) is 3. The molecule has 3 N–H and O–H groups in total. The molecule has 1 saturated heterocycles. The van der Waals surface area contributed by atoms with Crippen LogP contribution in [0.25, 0.3) is 0 Å². The largest absolute Gasteiger partial charge is 0.491 e. The third-order valence-corrected chi connectivity index (χ3v) is 5.54. The highest BCUT2D eigenvalue weighted by Crippen LogP contribution is 2.32. The molecule has 158 valence electrons. The second-order valence-electron chi connectivity index (χ2n) is 7.46. The van der Waals surface area contributed by atoms with Gasteiger partial charge in [-0.15, -0.1) is 0 Å². The van der Waals surface area contributed by atoms with E-state index >= 15 is 0 Å². The second-order valence-corrected chi connectivity index (χ2v) is 7.46. The minimum absolute atomic E-state index is 0.0851. The Kier molecular flexibility index (Phi) is 6.15. The van der Waals surface area contributed by atoms with Crippen molar-refractivity contribution in [2.45, 2.75) is 31.5 Å². The van der Waals surface area contributed by atoms with Crippen LogP contribution in [-0.4, -0.2) is 47.9 Å². The minimum atomic E-state index is -0.612. The molecule has 0 unspecified atom stereocenters. The lowest BCUT2D eigenvalue weighted by molar-refractivity contribution is 0.0706. The van der Waals surface area contributed by atoms with Crippen molar-refractivity contribution in [2.75, 3.05) is 19.8 Å². The van der Waals surface area contributed by atoms with Crippen LogP contribution >= 0.6 is 0 Å². The number of rotatable bonds is 3. The van der Waals surface area contributed by atoms with Crippen LogP contribution in [0.2, 0.25) is 0 Å².